The SMILES string of the molecule is CCNC(=NCC(c1ccccc1OC)N(C)C)NCCCOC.I. The third kappa shape index (κ3) is 8.73. The van der Waals surface area contributed by atoms with E-state index < -0.39 is 0 Å². The summed E-state index contributed by atoms with van der Waals surface area (Å²) in [6.07, 6.45) is 0.949. The molecule has 2 N–H and O–H groups in total. The van der Waals surface area contributed by atoms with E-state index in [0.29, 0.717) is 6.54 Å². The third-order valence-electron chi connectivity index (χ3n) is 3.71. The van der Waals surface area contributed by atoms with Crippen molar-refractivity contribution in [2.45, 2.75) is 19.4 Å². The Morgan fingerprint density at radius 2 is 1.92 bits per heavy atom. The van der Waals surface area contributed by atoms with Crippen molar-refractivity contribution in [1.82, 2.24) is 15.5 Å². The van der Waals surface area contributed by atoms with E-state index in [-0.39, 0.29) is 30.0 Å². The Kier molecular flexibility index (Phi) is 13.5. The van der Waals surface area contributed by atoms with Crippen LogP contribution in [0.4, 0.5) is 0 Å². The minimum absolute atomic E-state index is 0. The predicted molar refractivity (Wildman–Crippen MR) is 115 cm³/mol. The van der Waals surface area contributed by atoms with Crippen LogP contribution in [0.15, 0.2) is 29.3 Å². The van der Waals surface area contributed by atoms with Crippen LogP contribution >= 0.6 is 24.0 Å². The lowest BCUT2D eigenvalue weighted by Gasteiger charge is -2.25. The van der Waals surface area contributed by atoms with Gasteiger partial charge >= 0.3 is 0 Å². The zero-order chi connectivity index (χ0) is 17.8. The van der Waals surface area contributed by atoms with Crippen molar-refractivity contribution in [2.24, 2.45) is 4.99 Å². The minimum atomic E-state index is 0. The summed E-state index contributed by atoms with van der Waals surface area (Å²) in [5, 5.41) is 6.62. The zero-order valence-electron chi connectivity index (χ0n) is 16.0. The molecule has 0 aliphatic rings. The first-order valence-corrected chi connectivity index (χ1v) is 8.44. The molecule has 0 radical (unpaired) electrons. The minimum Gasteiger partial charge on any atom is -0.496 e. The highest BCUT2D eigenvalue weighted by atomic mass is 127. The molecule has 0 aromatic heterocycles. The van der Waals surface area contributed by atoms with Crippen LogP contribution in [0, 0.1) is 0 Å². The summed E-state index contributed by atoms with van der Waals surface area (Å²) >= 11 is 0. The molecule has 0 heterocycles. The first-order chi connectivity index (χ1) is 11.6. The Balaban J connectivity index is 0.00000576. The number of aliphatic imine (C=N–C) groups is 1. The maximum Gasteiger partial charge on any atom is 0.191 e. The van der Waals surface area contributed by atoms with Gasteiger partial charge in [-0.2, -0.15) is 0 Å². The van der Waals surface area contributed by atoms with Gasteiger partial charge in [0, 0.05) is 32.4 Å². The lowest BCUT2D eigenvalue weighted by Crippen LogP contribution is -2.38. The van der Waals surface area contributed by atoms with Gasteiger partial charge in [-0.05, 0) is 33.5 Å². The number of rotatable bonds is 10. The molecular formula is C18H33IN4O2. The molecule has 0 aliphatic heterocycles. The van der Waals surface area contributed by atoms with E-state index in [0.717, 1.165) is 43.4 Å². The maximum atomic E-state index is 5.50. The number of para-hydroxylation sites is 1. The molecule has 25 heavy (non-hydrogen) atoms. The smallest absolute Gasteiger partial charge is 0.191 e. The first kappa shape index (κ1) is 23.9. The van der Waals surface area contributed by atoms with Crippen molar-refractivity contribution < 1.29 is 9.47 Å². The van der Waals surface area contributed by atoms with Crippen LogP contribution in [0.2, 0.25) is 0 Å². The number of likely N-dealkylation sites (N-methyl/N-ethyl adjacent to an activating group) is 1. The number of nitrogens with zero attached hydrogens (tertiary/aromatic N) is 2. The summed E-state index contributed by atoms with van der Waals surface area (Å²) in [6, 6.07) is 8.25. The number of guanidine groups is 1. The topological polar surface area (TPSA) is 58.1 Å². The zero-order valence-corrected chi connectivity index (χ0v) is 18.4. The fraction of sp³-hybridized carbons (Fsp3) is 0.611. The van der Waals surface area contributed by atoms with E-state index in [2.05, 4.69) is 42.6 Å². The van der Waals surface area contributed by atoms with E-state index in [1.807, 2.05) is 18.2 Å². The highest BCUT2D eigenvalue weighted by Gasteiger charge is 2.18. The van der Waals surface area contributed by atoms with E-state index in [4.69, 9.17) is 14.5 Å². The van der Waals surface area contributed by atoms with Gasteiger partial charge < -0.3 is 25.0 Å². The van der Waals surface area contributed by atoms with Crippen LogP contribution in [-0.4, -0.2) is 65.4 Å². The van der Waals surface area contributed by atoms with E-state index in [9.17, 15) is 0 Å². The summed E-state index contributed by atoms with van der Waals surface area (Å²) in [6.45, 7) is 5.12. The molecular weight excluding hydrogens is 431 g/mol. The Bertz CT molecular complexity index is 498. The van der Waals surface area contributed by atoms with Crippen LogP contribution in [0.25, 0.3) is 0 Å². The largest absolute Gasteiger partial charge is 0.496 e. The van der Waals surface area contributed by atoms with Crippen LogP contribution < -0.4 is 15.4 Å². The number of benzene rings is 1. The number of methoxy groups -OCH3 is 2. The van der Waals surface area contributed by atoms with Crippen LogP contribution in [0.1, 0.15) is 24.9 Å². The van der Waals surface area contributed by atoms with Crippen molar-refractivity contribution in [3.05, 3.63) is 29.8 Å². The van der Waals surface area contributed by atoms with Gasteiger partial charge in [-0.1, -0.05) is 18.2 Å². The molecule has 0 saturated heterocycles. The summed E-state index contributed by atoms with van der Waals surface area (Å²) in [5.41, 5.74) is 1.14. The van der Waals surface area contributed by atoms with E-state index >= 15 is 0 Å². The molecule has 1 aromatic rings. The number of halogens is 1. The van der Waals surface area contributed by atoms with Gasteiger partial charge in [-0.25, -0.2) is 0 Å². The van der Waals surface area contributed by atoms with Crippen molar-refractivity contribution in [2.75, 3.05) is 54.6 Å². The normalized spacial score (nSPS) is 12.5. The van der Waals surface area contributed by atoms with Gasteiger partial charge in [0.2, 0.25) is 0 Å². The Morgan fingerprint density at radius 1 is 1.20 bits per heavy atom. The molecule has 1 atom stereocenters. The van der Waals surface area contributed by atoms with Gasteiger partial charge in [0.25, 0.3) is 0 Å². The number of hydrogen-bond acceptors (Lipinski definition) is 4. The molecule has 1 unspecified atom stereocenters. The maximum absolute atomic E-state index is 5.50. The second-order valence-corrected chi connectivity index (χ2v) is 5.71. The molecule has 7 heteroatoms. The van der Waals surface area contributed by atoms with Crippen LogP contribution in [0.3, 0.4) is 0 Å². The predicted octanol–water partition coefficient (Wildman–Crippen LogP) is 2.51. The van der Waals surface area contributed by atoms with Crippen molar-refractivity contribution in [1.29, 1.82) is 0 Å². The molecule has 0 bridgehead atoms. The molecule has 0 aliphatic carbocycles. The number of ether oxygens (including phenoxy) is 2. The fourth-order valence-corrected chi connectivity index (χ4v) is 2.42. The highest BCUT2D eigenvalue weighted by Crippen LogP contribution is 2.28. The second kappa shape index (κ2) is 14.1. The van der Waals surface area contributed by atoms with Gasteiger partial charge in [0.1, 0.15) is 5.75 Å². The third-order valence-corrected chi connectivity index (χ3v) is 3.71. The first-order valence-electron chi connectivity index (χ1n) is 8.44. The van der Waals surface area contributed by atoms with Crippen LogP contribution in [-0.2, 0) is 4.74 Å². The highest BCUT2D eigenvalue weighted by molar-refractivity contribution is 14.0. The fourth-order valence-electron chi connectivity index (χ4n) is 2.42. The summed E-state index contributed by atoms with van der Waals surface area (Å²) in [7, 11) is 7.54. The summed E-state index contributed by atoms with van der Waals surface area (Å²) in [5.74, 6) is 1.72. The van der Waals surface area contributed by atoms with Crippen molar-refractivity contribution in [3.8, 4) is 5.75 Å². The molecule has 1 rings (SSSR count). The van der Waals surface area contributed by atoms with E-state index in [1.165, 1.54) is 0 Å². The average Bonchev–Trinajstić information content (AvgIpc) is 2.58. The molecule has 0 fully saturated rings. The van der Waals surface area contributed by atoms with E-state index in [1.54, 1.807) is 14.2 Å². The lowest BCUT2D eigenvalue weighted by molar-refractivity contribution is 0.195. The molecule has 0 spiro atoms. The van der Waals surface area contributed by atoms with Gasteiger partial charge in [0.15, 0.2) is 5.96 Å². The average molecular weight is 464 g/mol. The lowest BCUT2D eigenvalue weighted by atomic mass is 10.0. The van der Waals surface area contributed by atoms with Crippen molar-refractivity contribution >= 4 is 29.9 Å². The van der Waals surface area contributed by atoms with Crippen LogP contribution in [0.5, 0.6) is 5.75 Å². The molecule has 6 nitrogen and oxygen atoms in total. The van der Waals surface area contributed by atoms with Gasteiger partial charge in [-0.3, -0.25) is 4.99 Å². The number of nitrogens with one attached hydrogen (secondary N) is 2. The van der Waals surface area contributed by atoms with Gasteiger partial charge in [-0.15, -0.1) is 24.0 Å². The number of hydrogen-bond donors (Lipinski definition) is 2. The summed E-state index contributed by atoms with van der Waals surface area (Å²) < 4.78 is 10.6. The monoisotopic (exact) mass is 464 g/mol. The summed E-state index contributed by atoms with van der Waals surface area (Å²) in [4.78, 5) is 6.90. The standard InChI is InChI=1S/C18H32N4O2.HI/c1-6-19-18(20-12-9-13-23-4)21-14-16(22(2)3)15-10-7-8-11-17(15)24-5;/h7-8,10-11,16H,6,9,12-14H2,1-5H3,(H2,19,20,21);1H. The quantitative estimate of drug-likeness (QED) is 0.241. The Hall–Kier alpha value is -1.06. The second-order valence-electron chi connectivity index (χ2n) is 5.71. The molecule has 1 aromatic carbocycles. The Morgan fingerprint density at radius 3 is 2.52 bits per heavy atom. The van der Waals surface area contributed by atoms with Gasteiger partial charge in [0.05, 0.1) is 19.7 Å². The molecule has 144 valence electrons. The van der Waals surface area contributed by atoms with Crippen molar-refractivity contribution in [3.63, 3.8) is 0 Å². The Labute approximate surface area is 169 Å². The molecule has 0 saturated carbocycles. The molecule has 0 amide bonds.